The van der Waals surface area contributed by atoms with Crippen LogP contribution < -0.4 is 9.64 Å². The molecule has 0 atom stereocenters. The van der Waals surface area contributed by atoms with E-state index >= 15 is 0 Å². The maximum Gasteiger partial charge on any atom is 0.226 e. The predicted molar refractivity (Wildman–Crippen MR) is 123 cm³/mol. The van der Waals surface area contributed by atoms with Crippen LogP contribution in [0.25, 0.3) is 11.3 Å². The molecule has 2 heterocycles. The van der Waals surface area contributed by atoms with Crippen LogP contribution in [0.15, 0.2) is 36.4 Å². The highest BCUT2D eigenvalue weighted by atomic mass is 16.5. The quantitative estimate of drug-likeness (QED) is 0.684. The molecule has 1 aliphatic heterocycles. The SMILES string of the molecule is CCN(C(=O)C1CCN(c2ccc(-c3ccc(OC)cc3)nn2)CC1)C1CCCCC1. The summed E-state index contributed by atoms with van der Waals surface area (Å²) in [5.74, 6) is 2.23. The van der Waals surface area contributed by atoms with Crippen molar-refractivity contribution >= 4 is 11.7 Å². The third kappa shape index (κ3) is 5.00. The Morgan fingerprint density at radius 2 is 1.71 bits per heavy atom. The van der Waals surface area contributed by atoms with Crippen LogP contribution in [0.3, 0.4) is 0 Å². The lowest BCUT2D eigenvalue weighted by molar-refractivity contribution is -0.139. The summed E-state index contributed by atoms with van der Waals surface area (Å²) >= 11 is 0. The average molecular weight is 423 g/mol. The molecule has 0 spiro atoms. The number of hydrogen-bond acceptors (Lipinski definition) is 5. The summed E-state index contributed by atoms with van der Waals surface area (Å²) in [5, 5.41) is 8.89. The first-order valence-electron chi connectivity index (χ1n) is 11.7. The van der Waals surface area contributed by atoms with Gasteiger partial charge in [-0.05, 0) is 69.0 Å². The molecule has 6 nitrogen and oxygen atoms in total. The molecule has 0 N–H and O–H groups in total. The molecular weight excluding hydrogens is 388 g/mol. The highest BCUT2D eigenvalue weighted by molar-refractivity contribution is 5.79. The fourth-order valence-corrected chi connectivity index (χ4v) is 4.99. The van der Waals surface area contributed by atoms with Gasteiger partial charge in [-0.2, -0.15) is 0 Å². The van der Waals surface area contributed by atoms with E-state index in [0.29, 0.717) is 11.9 Å². The number of carbonyl (C=O) groups is 1. The zero-order valence-electron chi connectivity index (χ0n) is 18.8. The van der Waals surface area contributed by atoms with Gasteiger partial charge in [-0.3, -0.25) is 4.79 Å². The van der Waals surface area contributed by atoms with Gasteiger partial charge < -0.3 is 14.5 Å². The summed E-state index contributed by atoms with van der Waals surface area (Å²) in [7, 11) is 1.66. The van der Waals surface area contributed by atoms with Crippen molar-refractivity contribution in [2.75, 3.05) is 31.6 Å². The molecule has 1 amide bonds. The minimum Gasteiger partial charge on any atom is -0.497 e. The smallest absolute Gasteiger partial charge is 0.226 e. The number of rotatable bonds is 6. The summed E-state index contributed by atoms with van der Waals surface area (Å²) in [6.45, 7) is 4.67. The molecule has 0 bridgehead atoms. The van der Waals surface area contributed by atoms with Gasteiger partial charge in [0.15, 0.2) is 5.82 Å². The Morgan fingerprint density at radius 3 is 2.29 bits per heavy atom. The number of amides is 1. The van der Waals surface area contributed by atoms with Gasteiger partial charge in [-0.25, -0.2) is 0 Å². The van der Waals surface area contributed by atoms with E-state index in [-0.39, 0.29) is 5.92 Å². The zero-order valence-corrected chi connectivity index (χ0v) is 18.8. The number of anilines is 1. The third-order valence-corrected chi connectivity index (χ3v) is 6.84. The lowest BCUT2D eigenvalue weighted by Gasteiger charge is -2.38. The van der Waals surface area contributed by atoms with Crippen molar-refractivity contribution in [1.82, 2.24) is 15.1 Å². The molecule has 1 saturated heterocycles. The number of methoxy groups -OCH3 is 1. The van der Waals surface area contributed by atoms with Gasteiger partial charge in [0.1, 0.15) is 5.75 Å². The van der Waals surface area contributed by atoms with Crippen LogP contribution in [0.4, 0.5) is 5.82 Å². The number of carbonyl (C=O) groups excluding carboxylic acids is 1. The molecule has 2 fully saturated rings. The first kappa shape index (κ1) is 21.6. The van der Waals surface area contributed by atoms with Crippen LogP contribution in [0, 0.1) is 5.92 Å². The molecule has 0 unspecified atom stereocenters. The van der Waals surface area contributed by atoms with Gasteiger partial charge in [-0.15, -0.1) is 10.2 Å². The maximum atomic E-state index is 13.2. The van der Waals surface area contributed by atoms with Crippen molar-refractivity contribution in [3.8, 4) is 17.0 Å². The molecule has 1 aromatic carbocycles. The second-order valence-electron chi connectivity index (χ2n) is 8.68. The van der Waals surface area contributed by atoms with Crippen LogP contribution in [0.5, 0.6) is 5.75 Å². The van der Waals surface area contributed by atoms with Crippen LogP contribution in [0.1, 0.15) is 51.9 Å². The summed E-state index contributed by atoms with van der Waals surface area (Å²) in [6.07, 6.45) is 7.98. The van der Waals surface area contributed by atoms with Gasteiger partial charge in [0, 0.05) is 37.2 Å². The lowest BCUT2D eigenvalue weighted by Crippen LogP contribution is -2.47. The molecule has 2 aromatic rings. The van der Waals surface area contributed by atoms with Gasteiger partial charge in [0.05, 0.1) is 12.8 Å². The van der Waals surface area contributed by atoms with E-state index in [1.54, 1.807) is 7.11 Å². The van der Waals surface area contributed by atoms with Gasteiger partial charge >= 0.3 is 0 Å². The van der Waals surface area contributed by atoms with E-state index in [0.717, 1.165) is 55.3 Å². The highest BCUT2D eigenvalue weighted by Crippen LogP contribution is 2.28. The predicted octanol–water partition coefficient (Wildman–Crippen LogP) is 4.55. The van der Waals surface area contributed by atoms with Crippen LogP contribution in [-0.2, 0) is 4.79 Å². The Labute approximate surface area is 185 Å². The maximum absolute atomic E-state index is 13.2. The van der Waals surface area contributed by atoms with Gasteiger partial charge in [0.2, 0.25) is 5.91 Å². The Morgan fingerprint density at radius 1 is 1.00 bits per heavy atom. The van der Waals surface area contributed by atoms with Gasteiger partial charge in [-0.1, -0.05) is 19.3 Å². The Hall–Kier alpha value is -2.63. The van der Waals surface area contributed by atoms with Crippen molar-refractivity contribution in [3.05, 3.63) is 36.4 Å². The minimum atomic E-state index is 0.143. The number of ether oxygens (including phenoxy) is 1. The number of hydrogen-bond donors (Lipinski definition) is 0. The van der Waals surface area contributed by atoms with Crippen LogP contribution in [-0.4, -0.2) is 53.8 Å². The summed E-state index contributed by atoms with van der Waals surface area (Å²) in [5.41, 5.74) is 1.87. The fraction of sp³-hybridized carbons (Fsp3) is 0.560. The molecule has 0 radical (unpaired) electrons. The first-order chi connectivity index (χ1) is 15.2. The molecule has 1 saturated carbocycles. The van der Waals surface area contributed by atoms with E-state index in [2.05, 4.69) is 26.9 Å². The molecule has 1 aromatic heterocycles. The standard InChI is InChI=1S/C25H34N4O2/c1-3-29(21-7-5-4-6-8-21)25(30)20-15-17-28(18-16-20)24-14-13-23(26-27-24)19-9-11-22(31-2)12-10-19/h9-14,20-21H,3-8,15-18H2,1-2H3. The highest BCUT2D eigenvalue weighted by Gasteiger charge is 2.32. The normalized spacial score (nSPS) is 18.1. The van der Waals surface area contributed by atoms with Crippen molar-refractivity contribution in [3.63, 3.8) is 0 Å². The van der Waals surface area contributed by atoms with E-state index in [1.807, 2.05) is 36.4 Å². The lowest BCUT2D eigenvalue weighted by atomic mass is 9.90. The van der Waals surface area contributed by atoms with Crippen molar-refractivity contribution < 1.29 is 9.53 Å². The second kappa shape index (κ2) is 10.1. The Kier molecular flexibility index (Phi) is 7.05. The zero-order chi connectivity index (χ0) is 21.6. The molecule has 166 valence electrons. The second-order valence-corrected chi connectivity index (χ2v) is 8.68. The van der Waals surface area contributed by atoms with Crippen LogP contribution >= 0.6 is 0 Å². The number of piperidine rings is 1. The largest absolute Gasteiger partial charge is 0.497 e. The third-order valence-electron chi connectivity index (χ3n) is 6.84. The van der Waals surface area contributed by atoms with Crippen molar-refractivity contribution in [1.29, 1.82) is 0 Å². The minimum absolute atomic E-state index is 0.143. The summed E-state index contributed by atoms with van der Waals surface area (Å²) in [4.78, 5) is 17.6. The van der Waals surface area contributed by atoms with Crippen molar-refractivity contribution in [2.45, 2.75) is 57.9 Å². The molecule has 4 rings (SSSR count). The molecule has 1 aliphatic carbocycles. The number of benzene rings is 1. The van der Waals surface area contributed by atoms with E-state index in [9.17, 15) is 4.79 Å². The average Bonchev–Trinajstić information content (AvgIpc) is 2.85. The summed E-state index contributed by atoms with van der Waals surface area (Å²) < 4.78 is 5.22. The number of aromatic nitrogens is 2. The number of nitrogens with zero attached hydrogens (tertiary/aromatic N) is 4. The molecule has 6 heteroatoms. The monoisotopic (exact) mass is 422 g/mol. The van der Waals surface area contributed by atoms with Gasteiger partial charge in [0.25, 0.3) is 0 Å². The molecule has 2 aliphatic rings. The topological polar surface area (TPSA) is 58.6 Å². The summed E-state index contributed by atoms with van der Waals surface area (Å²) in [6, 6.07) is 12.4. The Bertz CT molecular complexity index is 839. The van der Waals surface area contributed by atoms with Crippen LogP contribution in [0.2, 0.25) is 0 Å². The fourth-order valence-electron chi connectivity index (χ4n) is 4.99. The first-order valence-corrected chi connectivity index (χ1v) is 11.7. The van der Waals surface area contributed by atoms with E-state index in [4.69, 9.17) is 4.74 Å². The van der Waals surface area contributed by atoms with E-state index in [1.165, 1.54) is 32.1 Å². The Balaban J connectivity index is 1.34. The molecular formula is C25H34N4O2. The van der Waals surface area contributed by atoms with Crippen molar-refractivity contribution in [2.24, 2.45) is 5.92 Å². The van der Waals surface area contributed by atoms with E-state index < -0.39 is 0 Å². The molecule has 31 heavy (non-hydrogen) atoms.